The summed E-state index contributed by atoms with van der Waals surface area (Å²) in [6.45, 7) is 1.82. The van der Waals surface area contributed by atoms with Crippen LogP contribution in [0.5, 0.6) is 5.88 Å². The molecule has 0 unspecified atom stereocenters. The van der Waals surface area contributed by atoms with Crippen LogP contribution >= 0.6 is 46.4 Å². The van der Waals surface area contributed by atoms with Gasteiger partial charge >= 0.3 is 0 Å². The van der Waals surface area contributed by atoms with Gasteiger partial charge in [-0.15, -0.1) is 0 Å². The maximum Gasteiger partial charge on any atom is 0.282 e. The lowest BCUT2D eigenvalue weighted by Crippen LogP contribution is -2.25. The van der Waals surface area contributed by atoms with E-state index in [1.807, 2.05) is 0 Å². The smallest absolute Gasteiger partial charge is 0.282 e. The zero-order valence-corrected chi connectivity index (χ0v) is 15.1. The van der Waals surface area contributed by atoms with Crippen LogP contribution in [-0.2, 0) is 0 Å². The highest BCUT2D eigenvalue weighted by atomic mass is 35.5. The fraction of sp³-hybridized carbons (Fsp3) is 0.308. The number of pyridine rings is 1. The highest BCUT2D eigenvalue weighted by Gasteiger charge is 2.19. The van der Waals surface area contributed by atoms with Gasteiger partial charge in [-0.3, -0.25) is 0 Å². The Morgan fingerprint density at radius 2 is 1.88 bits per heavy atom. The molecule has 1 atom stereocenters. The van der Waals surface area contributed by atoms with E-state index in [0.29, 0.717) is 0 Å². The van der Waals surface area contributed by atoms with Gasteiger partial charge in [0.15, 0.2) is 5.15 Å². The second-order valence-corrected chi connectivity index (χ2v) is 6.18. The molecule has 0 bridgehead atoms. The maximum atomic E-state index is 12.8. The largest absolute Gasteiger partial charge is 0.474 e. The quantitative estimate of drug-likeness (QED) is 0.646. The molecule has 11 heteroatoms. The van der Waals surface area contributed by atoms with Gasteiger partial charge in [-0.1, -0.05) is 46.4 Å². The predicted molar refractivity (Wildman–Crippen MR) is 89.8 cm³/mol. The first-order valence-electron chi connectivity index (χ1n) is 6.49. The fourth-order valence-corrected chi connectivity index (χ4v) is 2.42. The molecule has 5 nitrogen and oxygen atoms in total. The van der Waals surface area contributed by atoms with E-state index in [1.165, 1.54) is 6.07 Å². The Morgan fingerprint density at radius 1 is 1.17 bits per heavy atom. The summed E-state index contributed by atoms with van der Waals surface area (Å²) in [6, 6.07) is 1.05. The van der Waals surface area contributed by atoms with Crippen LogP contribution < -0.4 is 10.1 Å². The monoisotopic (exact) mass is 416 g/mol. The molecule has 2 heterocycles. The van der Waals surface area contributed by atoms with Gasteiger partial charge in [0.2, 0.25) is 5.88 Å². The van der Waals surface area contributed by atoms with Gasteiger partial charge in [0.1, 0.15) is 34.5 Å². The summed E-state index contributed by atoms with van der Waals surface area (Å²) in [5.74, 6) is 0.174. The Hall–Kier alpha value is -1.15. The summed E-state index contributed by atoms with van der Waals surface area (Å²) in [7, 11) is 0. The molecule has 0 radical (unpaired) electrons. The molecule has 0 aliphatic carbocycles. The molecule has 1 N–H and O–H groups in total. The van der Waals surface area contributed by atoms with Crippen LogP contribution in [0, 0.1) is 0 Å². The Labute approximate surface area is 156 Å². The molecule has 2 aromatic heterocycles. The molecule has 0 aliphatic heterocycles. The van der Waals surface area contributed by atoms with E-state index < -0.39 is 12.1 Å². The second kappa shape index (κ2) is 8.29. The Balaban J connectivity index is 2.03. The van der Waals surface area contributed by atoms with Crippen LogP contribution in [0.3, 0.4) is 0 Å². The lowest BCUT2D eigenvalue weighted by atomic mass is 10.3. The number of hydrogen-bond acceptors (Lipinski definition) is 5. The van der Waals surface area contributed by atoms with Crippen LogP contribution in [0.1, 0.15) is 19.0 Å². The molecule has 0 spiro atoms. The van der Waals surface area contributed by atoms with Gasteiger partial charge < -0.3 is 10.1 Å². The highest BCUT2D eigenvalue weighted by Crippen LogP contribution is 2.31. The van der Waals surface area contributed by atoms with Crippen molar-refractivity contribution in [1.82, 2.24) is 15.0 Å². The summed E-state index contributed by atoms with van der Waals surface area (Å²) in [6.07, 6.45) is -1.80. The van der Waals surface area contributed by atoms with Gasteiger partial charge in [-0.25, -0.2) is 18.7 Å². The SMILES string of the molecule is C[C@@H](COc1nc(Cl)c(Cl)cc1Cl)Nc1ncnc(C(F)F)c1Cl. The van der Waals surface area contributed by atoms with Crippen LogP contribution in [0.2, 0.25) is 20.2 Å². The minimum Gasteiger partial charge on any atom is -0.474 e. The van der Waals surface area contributed by atoms with Crippen molar-refractivity contribution in [3.8, 4) is 5.88 Å². The summed E-state index contributed by atoms with van der Waals surface area (Å²) < 4.78 is 31.0. The number of aromatic nitrogens is 3. The Morgan fingerprint density at radius 3 is 2.54 bits per heavy atom. The molecule has 0 aliphatic rings. The number of rotatable bonds is 6. The minimum absolute atomic E-state index is 0.0529. The molecule has 24 heavy (non-hydrogen) atoms. The van der Waals surface area contributed by atoms with Crippen molar-refractivity contribution in [2.45, 2.75) is 19.4 Å². The third-order valence-corrected chi connectivity index (χ3v) is 4.05. The van der Waals surface area contributed by atoms with Crippen molar-refractivity contribution >= 4 is 52.2 Å². The summed E-state index contributed by atoms with van der Waals surface area (Å²) in [4.78, 5) is 11.2. The molecule has 0 saturated heterocycles. The third-order valence-electron chi connectivity index (χ3n) is 2.73. The zero-order valence-electron chi connectivity index (χ0n) is 12.0. The van der Waals surface area contributed by atoms with Crippen LogP contribution in [0.25, 0.3) is 0 Å². The molecule has 0 saturated carbocycles. The number of hydrogen-bond donors (Lipinski definition) is 1. The van der Waals surface area contributed by atoms with E-state index in [1.54, 1.807) is 6.92 Å². The molecule has 0 fully saturated rings. The topological polar surface area (TPSA) is 59.9 Å². The average molecular weight is 418 g/mol. The standard InChI is InChI=1S/C13H10Cl4F2N4O/c1-5(3-24-13-7(15)2-6(14)10(17)23-13)22-12-8(16)9(11(18)19)20-4-21-12/h2,4-5,11H,3H2,1H3,(H,20,21,22)/t5-/m0/s1. The summed E-state index contributed by atoms with van der Waals surface area (Å²) in [5.41, 5.74) is -0.545. The normalized spacial score (nSPS) is 12.3. The number of ether oxygens (including phenoxy) is 1. The van der Waals surface area contributed by atoms with Gasteiger partial charge in [0, 0.05) is 0 Å². The maximum absolute atomic E-state index is 12.8. The minimum atomic E-state index is -2.80. The van der Waals surface area contributed by atoms with Crippen molar-refractivity contribution < 1.29 is 13.5 Å². The second-order valence-electron chi connectivity index (χ2n) is 4.63. The molecular weight excluding hydrogens is 408 g/mol. The number of alkyl halides is 2. The van der Waals surface area contributed by atoms with Gasteiger partial charge in [-0.2, -0.15) is 4.98 Å². The first-order valence-corrected chi connectivity index (χ1v) is 8.00. The summed E-state index contributed by atoms with van der Waals surface area (Å²) in [5, 5.41) is 3.05. The van der Waals surface area contributed by atoms with E-state index in [4.69, 9.17) is 51.1 Å². The van der Waals surface area contributed by atoms with Crippen molar-refractivity contribution in [3.05, 3.63) is 38.3 Å². The van der Waals surface area contributed by atoms with Crippen LogP contribution in [0.15, 0.2) is 12.4 Å². The van der Waals surface area contributed by atoms with E-state index in [9.17, 15) is 8.78 Å². The predicted octanol–water partition coefficient (Wildman–Crippen LogP) is 5.30. The lowest BCUT2D eigenvalue weighted by Gasteiger charge is -2.17. The fourth-order valence-electron chi connectivity index (χ4n) is 1.64. The zero-order chi connectivity index (χ0) is 17.9. The molecule has 130 valence electrons. The lowest BCUT2D eigenvalue weighted by molar-refractivity contribution is 0.146. The van der Waals surface area contributed by atoms with E-state index in [0.717, 1.165) is 6.33 Å². The van der Waals surface area contributed by atoms with Crippen LogP contribution in [-0.4, -0.2) is 27.6 Å². The number of anilines is 1. The van der Waals surface area contributed by atoms with Gasteiger partial charge in [-0.05, 0) is 13.0 Å². The van der Waals surface area contributed by atoms with Gasteiger partial charge in [0.25, 0.3) is 6.43 Å². The third kappa shape index (κ3) is 4.69. The number of nitrogens with zero attached hydrogens (tertiary/aromatic N) is 3. The molecular formula is C13H10Cl4F2N4O. The molecule has 0 amide bonds. The van der Waals surface area contributed by atoms with Crippen molar-refractivity contribution in [2.24, 2.45) is 0 Å². The average Bonchev–Trinajstić information content (AvgIpc) is 2.51. The number of halogens is 6. The van der Waals surface area contributed by atoms with Crippen molar-refractivity contribution in [2.75, 3.05) is 11.9 Å². The first-order chi connectivity index (χ1) is 11.3. The molecule has 2 aromatic rings. The highest BCUT2D eigenvalue weighted by molar-refractivity contribution is 6.42. The van der Waals surface area contributed by atoms with E-state index in [-0.39, 0.29) is 44.6 Å². The van der Waals surface area contributed by atoms with Gasteiger partial charge in [0.05, 0.1) is 11.1 Å². The van der Waals surface area contributed by atoms with Crippen LogP contribution in [0.4, 0.5) is 14.6 Å². The molecule has 2 rings (SSSR count). The Kier molecular flexibility index (Phi) is 6.62. The van der Waals surface area contributed by atoms with E-state index >= 15 is 0 Å². The molecule has 0 aromatic carbocycles. The van der Waals surface area contributed by atoms with Crippen molar-refractivity contribution in [3.63, 3.8) is 0 Å². The first kappa shape index (κ1) is 19.2. The number of nitrogens with one attached hydrogen (secondary N) is 1. The Bertz CT molecular complexity index is 735. The summed E-state index contributed by atoms with van der Waals surface area (Å²) >= 11 is 23.4. The van der Waals surface area contributed by atoms with E-state index in [2.05, 4.69) is 20.3 Å². The van der Waals surface area contributed by atoms with Crippen molar-refractivity contribution in [1.29, 1.82) is 0 Å².